The van der Waals surface area contributed by atoms with Gasteiger partial charge in [-0.1, -0.05) is 29.8 Å². The number of sulfonamides is 1. The van der Waals surface area contributed by atoms with Crippen LogP contribution >= 0.6 is 11.6 Å². The maximum absolute atomic E-state index is 15.1. The van der Waals surface area contributed by atoms with Gasteiger partial charge in [-0.15, -0.1) is 0 Å². The normalized spacial score (nSPS) is 21.0. The van der Waals surface area contributed by atoms with Crippen LogP contribution in [0.25, 0.3) is 10.9 Å². The third-order valence-corrected chi connectivity index (χ3v) is 10.5. The van der Waals surface area contributed by atoms with Gasteiger partial charge in [-0.3, -0.25) is 19.1 Å². The van der Waals surface area contributed by atoms with Crippen LogP contribution in [0.1, 0.15) is 54.6 Å². The van der Waals surface area contributed by atoms with E-state index in [1.54, 1.807) is 23.9 Å². The largest absolute Gasteiger partial charge is 0.481 e. The number of halogens is 2. The van der Waals surface area contributed by atoms with Crippen LogP contribution in [0.4, 0.5) is 10.1 Å². The number of carboxylic acid groups (broad SMARTS) is 1. The molecule has 2 fully saturated rings. The fourth-order valence-corrected chi connectivity index (χ4v) is 7.93. The first-order chi connectivity index (χ1) is 20.9. The zero-order chi connectivity index (χ0) is 31.6. The summed E-state index contributed by atoms with van der Waals surface area (Å²) in [5, 5.41) is 16.6. The number of benzene rings is 2. The molecule has 2 aromatic carbocycles. The predicted molar refractivity (Wildman–Crippen MR) is 162 cm³/mol. The van der Waals surface area contributed by atoms with Crippen molar-refractivity contribution in [2.45, 2.75) is 57.1 Å². The Balaban J connectivity index is 1.18. The molecule has 14 heteroatoms. The number of Topliss-reactive ketones (excluding diaryl/α,β-unsaturated/α-hetero) is 1. The van der Waals surface area contributed by atoms with Gasteiger partial charge in [0.1, 0.15) is 11.6 Å². The number of ether oxygens (including phenoxy) is 1. The van der Waals surface area contributed by atoms with Gasteiger partial charge in [-0.05, 0) is 62.3 Å². The highest BCUT2D eigenvalue weighted by Gasteiger charge is 2.36. The maximum atomic E-state index is 15.1. The Bertz CT molecular complexity index is 1690. The molecule has 1 saturated heterocycles. The van der Waals surface area contributed by atoms with Crippen LogP contribution in [0.2, 0.25) is 5.02 Å². The number of para-hydroxylation sites is 1. The summed E-state index contributed by atoms with van der Waals surface area (Å²) in [5.41, 5.74) is 0.783. The number of hydrogen-bond acceptors (Lipinski definition) is 7. The Hall–Kier alpha value is -3.39. The van der Waals surface area contributed by atoms with Crippen molar-refractivity contribution in [1.29, 1.82) is 0 Å². The van der Waals surface area contributed by atoms with Crippen LogP contribution in [-0.2, 0) is 37.8 Å². The number of nitrogens with zero attached hydrogens (tertiary/aromatic N) is 3. The Morgan fingerprint density at radius 3 is 2.59 bits per heavy atom. The standard InChI is InChI=1S/C30H34ClFN4O7S/c1-35-27-7-3-2-6-23(27)28(34-35)29(38)33-26-15-25(32)19(14-24(26)31)13-21(37)17-44(41,42)36-12-4-5-20(36)16-43-22-10-8-18(9-11-22)30(39)40/h2-3,6-7,14-15,18,20,22H,4-5,8-13,16-17H2,1H3,(H,33,38)(H,39,40)/t18-,20-,22-/m0/s1. The summed E-state index contributed by atoms with van der Waals surface area (Å²) in [4.78, 5) is 36.9. The van der Waals surface area contributed by atoms with E-state index in [4.69, 9.17) is 16.3 Å². The predicted octanol–water partition coefficient (Wildman–Crippen LogP) is 4.18. The number of anilines is 1. The average molecular weight is 649 g/mol. The zero-order valence-electron chi connectivity index (χ0n) is 24.2. The fraction of sp³-hybridized carbons (Fsp3) is 0.467. The number of amides is 1. The first-order valence-electron chi connectivity index (χ1n) is 14.5. The highest BCUT2D eigenvalue weighted by Crippen LogP contribution is 2.30. The van der Waals surface area contributed by atoms with Gasteiger partial charge in [0.15, 0.2) is 11.5 Å². The molecule has 1 atom stereocenters. The lowest BCUT2D eigenvalue weighted by molar-refractivity contribution is -0.143. The number of hydrogen-bond donors (Lipinski definition) is 2. The van der Waals surface area contributed by atoms with Crippen molar-refractivity contribution < 1.29 is 37.0 Å². The lowest BCUT2D eigenvalue weighted by atomic mass is 9.87. The number of fused-ring (bicyclic) bond motifs is 1. The molecule has 2 aliphatic rings. The second kappa shape index (κ2) is 13.3. The number of aliphatic carboxylic acids is 1. The Kier molecular flexibility index (Phi) is 9.68. The number of aromatic nitrogens is 2. The molecule has 44 heavy (non-hydrogen) atoms. The van der Waals surface area contributed by atoms with E-state index in [2.05, 4.69) is 10.4 Å². The molecule has 0 bridgehead atoms. The lowest BCUT2D eigenvalue weighted by Crippen LogP contribution is -2.42. The molecular formula is C30H34ClFN4O7S. The molecule has 0 unspecified atom stereocenters. The minimum absolute atomic E-state index is 0.0101. The molecule has 1 saturated carbocycles. The fourth-order valence-electron chi connectivity index (χ4n) is 6.00. The minimum Gasteiger partial charge on any atom is -0.481 e. The number of carbonyl (C=O) groups is 3. The van der Waals surface area contributed by atoms with Crippen LogP contribution in [0.3, 0.4) is 0 Å². The van der Waals surface area contributed by atoms with Gasteiger partial charge < -0.3 is 15.2 Å². The van der Waals surface area contributed by atoms with E-state index in [0.29, 0.717) is 43.9 Å². The summed E-state index contributed by atoms with van der Waals surface area (Å²) in [6, 6.07) is 8.93. The highest BCUT2D eigenvalue weighted by molar-refractivity contribution is 7.89. The van der Waals surface area contributed by atoms with Crippen molar-refractivity contribution in [2.24, 2.45) is 13.0 Å². The van der Waals surface area contributed by atoms with Crippen LogP contribution < -0.4 is 5.32 Å². The molecule has 0 radical (unpaired) electrons. The average Bonchev–Trinajstić information content (AvgIpc) is 3.60. The van der Waals surface area contributed by atoms with E-state index >= 15 is 4.39 Å². The molecule has 3 aromatic rings. The summed E-state index contributed by atoms with van der Waals surface area (Å²) < 4.78 is 50.2. The molecule has 5 rings (SSSR count). The third-order valence-electron chi connectivity index (χ3n) is 8.32. The van der Waals surface area contributed by atoms with Gasteiger partial charge >= 0.3 is 5.97 Å². The molecule has 2 heterocycles. The van der Waals surface area contributed by atoms with Gasteiger partial charge in [0.2, 0.25) is 10.0 Å². The number of ketones is 1. The monoisotopic (exact) mass is 648 g/mol. The van der Waals surface area contributed by atoms with Crippen molar-refractivity contribution in [2.75, 3.05) is 24.2 Å². The molecular weight excluding hydrogens is 615 g/mol. The number of rotatable bonds is 11. The highest BCUT2D eigenvalue weighted by atomic mass is 35.5. The Morgan fingerprint density at radius 2 is 1.86 bits per heavy atom. The molecule has 1 aromatic heterocycles. The van der Waals surface area contributed by atoms with E-state index in [1.807, 2.05) is 12.1 Å². The number of nitrogens with one attached hydrogen (secondary N) is 1. The summed E-state index contributed by atoms with van der Waals surface area (Å²) >= 11 is 6.33. The van der Waals surface area contributed by atoms with Crippen LogP contribution in [-0.4, -0.2) is 76.3 Å². The van der Waals surface area contributed by atoms with E-state index in [-0.39, 0.29) is 47.1 Å². The number of aryl methyl sites for hydroxylation is 1. The first kappa shape index (κ1) is 32.0. The second-order valence-electron chi connectivity index (χ2n) is 11.4. The van der Waals surface area contributed by atoms with Crippen molar-refractivity contribution in [1.82, 2.24) is 14.1 Å². The molecule has 2 N–H and O–H groups in total. The molecule has 236 valence electrons. The lowest BCUT2D eigenvalue weighted by Gasteiger charge is -2.29. The van der Waals surface area contributed by atoms with Crippen LogP contribution in [0, 0.1) is 11.7 Å². The molecule has 1 amide bonds. The van der Waals surface area contributed by atoms with Gasteiger partial charge in [0, 0.05) is 31.4 Å². The number of carbonyl (C=O) groups excluding carboxylic acids is 2. The first-order valence-corrected chi connectivity index (χ1v) is 16.5. The zero-order valence-corrected chi connectivity index (χ0v) is 25.7. The van der Waals surface area contributed by atoms with Gasteiger partial charge in [0.25, 0.3) is 5.91 Å². The van der Waals surface area contributed by atoms with E-state index in [1.165, 1.54) is 10.4 Å². The van der Waals surface area contributed by atoms with Gasteiger partial charge in [-0.2, -0.15) is 9.40 Å². The van der Waals surface area contributed by atoms with Crippen molar-refractivity contribution >= 4 is 55.9 Å². The van der Waals surface area contributed by atoms with Crippen molar-refractivity contribution in [3.8, 4) is 0 Å². The third kappa shape index (κ3) is 7.12. The number of carboxylic acids is 1. The smallest absolute Gasteiger partial charge is 0.306 e. The van der Waals surface area contributed by atoms with Gasteiger partial charge in [-0.25, -0.2) is 12.8 Å². The molecule has 11 nitrogen and oxygen atoms in total. The summed E-state index contributed by atoms with van der Waals surface area (Å²) in [6.07, 6.45) is 2.85. The molecule has 0 spiro atoms. The van der Waals surface area contributed by atoms with E-state index in [9.17, 15) is 27.9 Å². The van der Waals surface area contributed by atoms with Crippen molar-refractivity contribution in [3.63, 3.8) is 0 Å². The second-order valence-corrected chi connectivity index (χ2v) is 13.7. The SMILES string of the molecule is Cn1nc(C(=O)Nc2cc(F)c(CC(=O)CS(=O)(=O)N3CCC[C@H]3CO[C@H]3CC[C@H](C(=O)O)CC3)cc2Cl)c2ccccc21. The summed E-state index contributed by atoms with van der Waals surface area (Å²) in [6.45, 7) is 0.428. The quantitative estimate of drug-likeness (QED) is 0.315. The topological polar surface area (TPSA) is 148 Å². The summed E-state index contributed by atoms with van der Waals surface area (Å²) in [7, 11) is -2.29. The van der Waals surface area contributed by atoms with E-state index in [0.717, 1.165) is 11.6 Å². The maximum Gasteiger partial charge on any atom is 0.306 e. The summed E-state index contributed by atoms with van der Waals surface area (Å²) in [5.74, 6) is -4.07. The van der Waals surface area contributed by atoms with Crippen LogP contribution in [0.15, 0.2) is 36.4 Å². The molecule has 1 aliphatic carbocycles. The van der Waals surface area contributed by atoms with Crippen LogP contribution in [0.5, 0.6) is 0 Å². The minimum atomic E-state index is -3.99. The van der Waals surface area contributed by atoms with E-state index < -0.39 is 51.7 Å². The Morgan fingerprint density at radius 1 is 1.14 bits per heavy atom. The molecule has 1 aliphatic heterocycles. The Labute approximate surface area is 259 Å². The van der Waals surface area contributed by atoms with Gasteiger partial charge in [0.05, 0.1) is 34.9 Å². The van der Waals surface area contributed by atoms with Crippen molar-refractivity contribution in [3.05, 3.63) is 58.5 Å².